The van der Waals surface area contributed by atoms with Crippen molar-refractivity contribution >= 4 is 34.2 Å². The SMILES string of the molecule is C=C1SC(=S)NC1=O.Fc1ccccc1. The Kier molecular flexibility index (Phi) is 4.45. The zero-order chi connectivity index (χ0) is 11.3. The van der Waals surface area contributed by atoms with Gasteiger partial charge in [-0.3, -0.25) is 4.79 Å². The maximum Gasteiger partial charge on any atom is 0.262 e. The molecule has 0 aliphatic carbocycles. The van der Waals surface area contributed by atoms with E-state index in [1.165, 1.54) is 23.9 Å². The average Bonchev–Trinajstić information content (AvgIpc) is 2.46. The predicted octanol–water partition coefficient (Wildman–Crippen LogP) is 2.47. The molecule has 15 heavy (non-hydrogen) atoms. The first-order chi connectivity index (χ1) is 7.09. The Morgan fingerprint density at radius 1 is 1.33 bits per heavy atom. The number of benzene rings is 1. The molecule has 0 bridgehead atoms. The number of rotatable bonds is 0. The summed E-state index contributed by atoms with van der Waals surface area (Å²) < 4.78 is 12.4. The van der Waals surface area contributed by atoms with Gasteiger partial charge in [-0.25, -0.2) is 4.39 Å². The summed E-state index contributed by atoms with van der Waals surface area (Å²) in [6, 6.07) is 7.94. The minimum absolute atomic E-state index is 0.167. The molecule has 1 aromatic carbocycles. The van der Waals surface area contributed by atoms with Gasteiger partial charge < -0.3 is 5.32 Å². The number of hydrogen-bond acceptors (Lipinski definition) is 3. The molecule has 0 unspecified atom stereocenters. The van der Waals surface area contributed by atoms with Crippen molar-refractivity contribution in [2.45, 2.75) is 0 Å². The predicted molar refractivity (Wildman–Crippen MR) is 63.9 cm³/mol. The van der Waals surface area contributed by atoms with E-state index in [9.17, 15) is 9.18 Å². The van der Waals surface area contributed by atoms with Gasteiger partial charge in [0.05, 0.1) is 4.91 Å². The van der Waals surface area contributed by atoms with Gasteiger partial charge in [0.2, 0.25) is 0 Å². The molecule has 0 atom stereocenters. The van der Waals surface area contributed by atoms with Gasteiger partial charge in [0, 0.05) is 0 Å². The lowest BCUT2D eigenvalue weighted by Gasteiger charge is -1.81. The molecule has 0 radical (unpaired) electrons. The standard InChI is InChI=1S/C6H5F.C4H3NOS2/c7-6-4-2-1-3-5-6;1-2-3(6)5-4(7)8-2/h1-5H;1H2,(H,5,6,7). The Labute approximate surface area is 96.6 Å². The highest BCUT2D eigenvalue weighted by molar-refractivity contribution is 8.26. The van der Waals surface area contributed by atoms with Crippen LogP contribution in [0.4, 0.5) is 4.39 Å². The number of carbonyl (C=O) groups excluding carboxylic acids is 1. The maximum absolute atomic E-state index is 11.9. The van der Waals surface area contributed by atoms with Gasteiger partial charge in [0.25, 0.3) is 5.91 Å². The van der Waals surface area contributed by atoms with E-state index in [0.717, 1.165) is 0 Å². The molecule has 1 amide bonds. The molecule has 1 fully saturated rings. The summed E-state index contributed by atoms with van der Waals surface area (Å²) in [7, 11) is 0. The number of nitrogens with one attached hydrogen (secondary N) is 1. The van der Waals surface area contributed by atoms with Crippen LogP contribution in [0.3, 0.4) is 0 Å². The zero-order valence-corrected chi connectivity index (χ0v) is 9.33. The molecule has 78 valence electrons. The van der Waals surface area contributed by atoms with Crippen molar-refractivity contribution < 1.29 is 9.18 Å². The van der Waals surface area contributed by atoms with E-state index < -0.39 is 0 Å². The summed E-state index contributed by atoms with van der Waals surface area (Å²) in [6.07, 6.45) is 0. The van der Waals surface area contributed by atoms with E-state index >= 15 is 0 Å². The van der Waals surface area contributed by atoms with Crippen LogP contribution in [-0.4, -0.2) is 10.2 Å². The quantitative estimate of drug-likeness (QED) is 0.559. The molecule has 1 aliphatic rings. The van der Waals surface area contributed by atoms with Gasteiger partial charge in [0.15, 0.2) is 0 Å². The van der Waals surface area contributed by atoms with Crippen LogP contribution >= 0.6 is 24.0 Å². The second-order valence-corrected chi connectivity index (χ2v) is 4.33. The summed E-state index contributed by atoms with van der Waals surface area (Å²) in [5.74, 6) is -0.345. The number of thiocarbonyl (C=S) groups is 1. The van der Waals surface area contributed by atoms with E-state index in [1.54, 1.807) is 18.2 Å². The molecule has 0 saturated carbocycles. The Bertz CT molecular complexity index is 374. The van der Waals surface area contributed by atoms with Crippen LogP contribution in [0.2, 0.25) is 0 Å². The van der Waals surface area contributed by atoms with Crippen molar-refractivity contribution in [3.05, 3.63) is 47.6 Å². The zero-order valence-electron chi connectivity index (χ0n) is 7.70. The highest BCUT2D eigenvalue weighted by Gasteiger charge is 2.18. The molecule has 1 aliphatic heterocycles. The molecule has 1 heterocycles. The molecular formula is C10H8FNOS2. The van der Waals surface area contributed by atoms with E-state index in [0.29, 0.717) is 9.23 Å². The largest absolute Gasteiger partial charge is 0.307 e. The number of halogens is 1. The van der Waals surface area contributed by atoms with E-state index in [4.69, 9.17) is 0 Å². The Hall–Kier alpha value is -1.20. The molecule has 5 heteroatoms. The second-order valence-electron chi connectivity index (χ2n) is 2.56. The maximum atomic E-state index is 11.9. The third-order valence-corrected chi connectivity index (χ3v) is 2.49. The lowest BCUT2D eigenvalue weighted by Crippen LogP contribution is -2.17. The van der Waals surface area contributed by atoms with Gasteiger partial charge in [0.1, 0.15) is 10.1 Å². The van der Waals surface area contributed by atoms with E-state index in [2.05, 4.69) is 24.1 Å². The van der Waals surface area contributed by atoms with Gasteiger partial charge in [-0.2, -0.15) is 0 Å². The van der Waals surface area contributed by atoms with Crippen molar-refractivity contribution in [2.75, 3.05) is 0 Å². The minimum atomic E-state index is -0.178. The van der Waals surface area contributed by atoms with Crippen molar-refractivity contribution in [3.8, 4) is 0 Å². The van der Waals surface area contributed by atoms with Gasteiger partial charge in [-0.15, -0.1) is 0 Å². The van der Waals surface area contributed by atoms with Gasteiger partial charge >= 0.3 is 0 Å². The van der Waals surface area contributed by atoms with Crippen LogP contribution in [0.15, 0.2) is 41.8 Å². The van der Waals surface area contributed by atoms with Crippen LogP contribution in [0.1, 0.15) is 0 Å². The number of thioether (sulfide) groups is 1. The monoisotopic (exact) mass is 241 g/mol. The summed E-state index contributed by atoms with van der Waals surface area (Å²) in [4.78, 5) is 10.9. The summed E-state index contributed by atoms with van der Waals surface area (Å²) in [5.41, 5.74) is 0. The third-order valence-electron chi connectivity index (χ3n) is 1.42. The van der Waals surface area contributed by atoms with Gasteiger partial charge in [-0.1, -0.05) is 48.8 Å². The Morgan fingerprint density at radius 3 is 2.13 bits per heavy atom. The first-order valence-corrected chi connectivity index (χ1v) is 5.24. The fourth-order valence-electron chi connectivity index (χ4n) is 0.761. The summed E-state index contributed by atoms with van der Waals surface area (Å²) >= 11 is 5.85. The topological polar surface area (TPSA) is 29.1 Å². The van der Waals surface area contributed by atoms with Crippen molar-refractivity contribution in [2.24, 2.45) is 0 Å². The highest BCUT2D eigenvalue weighted by Crippen LogP contribution is 2.20. The molecule has 1 saturated heterocycles. The van der Waals surface area contributed by atoms with Crippen LogP contribution in [0.25, 0.3) is 0 Å². The van der Waals surface area contributed by atoms with Crippen LogP contribution in [0, 0.1) is 5.82 Å². The van der Waals surface area contributed by atoms with E-state index in [1.807, 2.05) is 0 Å². The molecule has 1 aromatic rings. The normalized spacial score (nSPS) is 14.3. The molecule has 2 nitrogen and oxygen atoms in total. The smallest absolute Gasteiger partial charge is 0.262 e. The van der Waals surface area contributed by atoms with Crippen LogP contribution < -0.4 is 5.32 Å². The van der Waals surface area contributed by atoms with Crippen LogP contribution in [0.5, 0.6) is 0 Å². The molecule has 0 aromatic heterocycles. The van der Waals surface area contributed by atoms with Crippen molar-refractivity contribution in [1.82, 2.24) is 5.32 Å². The van der Waals surface area contributed by atoms with E-state index in [-0.39, 0.29) is 11.7 Å². The fourth-order valence-corrected chi connectivity index (χ4v) is 1.67. The van der Waals surface area contributed by atoms with Crippen LogP contribution in [-0.2, 0) is 4.79 Å². The Balaban J connectivity index is 0.000000151. The summed E-state index contributed by atoms with van der Waals surface area (Å²) in [5, 5.41) is 2.42. The molecular weight excluding hydrogens is 233 g/mol. The lowest BCUT2D eigenvalue weighted by atomic mass is 10.4. The van der Waals surface area contributed by atoms with Gasteiger partial charge in [-0.05, 0) is 12.1 Å². The molecule has 2 rings (SSSR count). The van der Waals surface area contributed by atoms with Crippen molar-refractivity contribution in [1.29, 1.82) is 0 Å². The Morgan fingerprint density at radius 2 is 1.93 bits per heavy atom. The number of hydrogen-bond donors (Lipinski definition) is 1. The number of amides is 1. The first-order valence-electron chi connectivity index (χ1n) is 4.02. The molecule has 0 spiro atoms. The fraction of sp³-hybridized carbons (Fsp3) is 0. The van der Waals surface area contributed by atoms with Crippen molar-refractivity contribution in [3.63, 3.8) is 0 Å². The molecule has 1 N–H and O–H groups in total. The highest BCUT2D eigenvalue weighted by atomic mass is 32.2. The lowest BCUT2D eigenvalue weighted by molar-refractivity contribution is -0.115. The second kappa shape index (κ2) is 5.63. The minimum Gasteiger partial charge on any atom is -0.307 e. The first kappa shape index (κ1) is 11.9. The number of carbonyl (C=O) groups is 1. The third kappa shape index (κ3) is 4.22. The summed E-state index contributed by atoms with van der Waals surface area (Å²) in [6.45, 7) is 3.45. The average molecular weight is 241 g/mol.